The van der Waals surface area contributed by atoms with Gasteiger partial charge in [-0.05, 0) is 42.7 Å². The molecule has 1 unspecified atom stereocenters. The van der Waals surface area contributed by atoms with Gasteiger partial charge in [0, 0.05) is 5.56 Å². The number of rotatable bonds is 5. The number of nitrogens with zero attached hydrogens (tertiary/aromatic N) is 1. The largest absolute Gasteiger partial charge is 0.346 e. The molecule has 2 aromatic rings. The van der Waals surface area contributed by atoms with E-state index in [2.05, 4.69) is 5.32 Å². The van der Waals surface area contributed by atoms with Gasteiger partial charge < -0.3 is 5.32 Å². The molecule has 1 N–H and O–H groups in total. The van der Waals surface area contributed by atoms with Crippen molar-refractivity contribution in [2.24, 2.45) is 0 Å². The van der Waals surface area contributed by atoms with E-state index >= 15 is 0 Å². The van der Waals surface area contributed by atoms with Gasteiger partial charge in [0.15, 0.2) is 0 Å². The molecule has 0 saturated carbocycles. The molecular formula is C20H20N2O3S. The minimum Gasteiger partial charge on any atom is -0.346 e. The first-order chi connectivity index (χ1) is 12.5. The third-order valence-corrected chi connectivity index (χ3v) is 5.23. The summed E-state index contributed by atoms with van der Waals surface area (Å²) >= 11 is 1.01. The average Bonchev–Trinajstić information content (AvgIpc) is 2.94. The molecule has 1 fully saturated rings. The van der Waals surface area contributed by atoms with Crippen LogP contribution in [-0.2, 0) is 11.3 Å². The normalized spacial score (nSPS) is 15.2. The van der Waals surface area contributed by atoms with Crippen molar-refractivity contribution < 1.29 is 14.4 Å². The molecule has 3 rings (SSSR count). The van der Waals surface area contributed by atoms with Crippen molar-refractivity contribution in [3.63, 3.8) is 0 Å². The molecule has 0 aromatic heterocycles. The first kappa shape index (κ1) is 18.2. The molecule has 1 heterocycles. The summed E-state index contributed by atoms with van der Waals surface area (Å²) in [5.41, 5.74) is 3.46. The second-order valence-corrected chi connectivity index (χ2v) is 7.21. The number of carbonyl (C=O) groups excluding carboxylic acids is 3. The monoisotopic (exact) mass is 368 g/mol. The van der Waals surface area contributed by atoms with E-state index in [1.807, 2.05) is 44.2 Å². The van der Waals surface area contributed by atoms with E-state index in [1.165, 1.54) is 4.90 Å². The maximum absolute atomic E-state index is 12.6. The Hall–Kier alpha value is -2.60. The number of thioether (sulfide) groups is 1. The van der Waals surface area contributed by atoms with E-state index in [4.69, 9.17) is 0 Å². The molecule has 2 aromatic carbocycles. The van der Waals surface area contributed by atoms with E-state index in [9.17, 15) is 14.4 Å². The quantitative estimate of drug-likeness (QED) is 0.874. The van der Waals surface area contributed by atoms with Gasteiger partial charge in [0.05, 0.1) is 18.3 Å². The van der Waals surface area contributed by atoms with Gasteiger partial charge >= 0.3 is 0 Å². The second-order valence-electron chi connectivity index (χ2n) is 6.29. The van der Waals surface area contributed by atoms with Gasteiger partial charge in [-0.2, -0.15) is 0 Å². The first-order valence-electron chi connectivity index (χ1n) is 8.38. The summed E-state index contributed by atoms with van der Waals surface area (Å²) < 4.78 is 0. The Labute approximate surface area is 156 Å². The van der Waals surface area contributed by atoms with Crippen molar-refractivity contribution in [1.29, 1.82) is 0 Å². The van der Waals surface area contributed by atoms with Crippen LogP contribution in [0.3, 0.4) is 0 Å². The molecule has 26 heavy (non-hydrogen) atoms. The molecule has 134 valence electrons. The Bertz CT molecular complexity index is 850. The fourth-order valence-corrected chi connectivity index (χ4v) is 3.68. The highest BCUT2D eigenvalue weighted by molar-refractivity contribution is 8.14. The van der Waals surface area contributed by atoms with Gasteiger partial charge in [-0.15, -0.1) is 0 Å². The Kier molecular flexibility index (Phi) is 5.42. The predicted octanol–water partition coefficient (Wildman–Crippen LogP) is 3.68. The predicted molar refractivity (Wildman–Crippen MR) is 102 cm³/mol. The first-order valence-corrected chi connectivity index (χ1v) is 9.36. The van der Waals surface area contributed by atoms with Crippen molar-refractivity contribution in [1.82, 2.24) is 10.2 Å². The van der Waals surface area contributed by atoms with Crippen LogP contribution in [0.4, 0.5) is 4.79 Å². The summed E-state index contributed by atoms with van der Waals surface area (Å²) in [6, 6.07) is 14.8. The van der Waals surface area contributed by atoms with Crippen LogP contribution in [0.2, 0.25) is 0 Å². The van der Waals surface area contributed by atoms with E-state index < -0.39 is 0 Å². The lowest BCUT2D eigenvalue weighted by atomic mass is 10.0. The molecule has 0 spiro atoms. The van der Waals surface area contributed by atoms with Crippen LogP contribution in [0.25, 0.3) is 0 Å². The van der Waals surface area contributed by atoms with Crippen molar-refractivity contribution >= 4 is 28.8 Å². The highest BCUT2D eigenvalue weighted by Gasteiger charge is 2.29. The third kappa shape index (κ3) is 3.96. The van der Waals surface area contributed by atoms with E-state index in [-0.39, 0.29) is 35.4 Å². The van der Waals surface area contributed by atoms with E-state index in [0.29, 0.717) is 5.56 Å². The zero-order valence-electron chi connectivity index (χ0n) is 14.7. The molecule has 3 amide bonds. The standard InChI is InChI=1S/C20H20N2O3S/c1-13-6-3-4-9-17(13)14(2)21-19(24)16-8-5-7-15(10-16)11-22-18(23)12-26-20(22)25/h3-10,14H,11-12H2,1-2H3,(H,21,24). The number of benzene rings is 2. The number of hydrogen-bond acceptors (Lipinski definition) is 4. The maximum Gasteiger partial charge on any atom is 0.289 e. The van der Waals surface area contributed by atoms with E-state index in [0.717, 1.165) is 28.5 Å². The molecule has 0 radical (unpaired) electrons. The second kappa shape index (κ2) is 7.74. The number of nitrogens with one attached hydrogen (secondary N) is 1. The zero-order chi connectivity index (χ0) is 18.7. The van der Waals surface area contributed by atoms with Crippen LogP contribution in [0, 0.1) is 6.92 Å². The third-order valence-electron chi connectivity index (χ3n) is 4.37. The van der Waals surface area contributed by atoms with Crippen molar-refractivity contribution in [3.8, 4) is 0 Å². The van der Waals surface area contributed by atoms with Crippen LogP contribution in [0.1, 0.15) is 40.0 Å². The number of imide groups is 1. The highest BCUT2D eigenvalue weighted by Crippen LogP contribution is 2.22. The lowest BCUT2D eigenvalue weighted by Crippen LogP contribution is -2.29. The summed E-state index contributed by atoms with van der Waals surface area (Å²) in [7, 11) is 0. The Morgan fingerprint density at radius 1 is 1.19 bits per heavy atom. The van der Waals surface area contributed by atoms with Crippen LogP contribution in [0.5, 0.6) is 0 Å². The summed E-state index contributed by atoms with van der Waals surface area (Å²) in [5, 5.41) is 2.76. The van der Waals surface area contributed by atoms with Gasteiger partial charge in [-0.1, -0.05) is 48.2 Å². The molecule has 6 heteroatoms. The zero-order valence-corrected chi connectivity index (χ0v) is 15.5. The number of hydrogen-bond donors (Lipinski definition) is 1. The van der Waals surface area contributed by atoms with Gasteiger partial charge in [0.2, 0.25) is 5.91 Å². The average molecular weight is 368 g/mol. The van der Waals surface area contributed by atoms with Crippen LogP contribution < -0.4 is 5.32 Å². The fraction of sp³-hybridized carbons (Fsp3) is 0.250. The lowest BCUT2D eigenvalue weighted by molar-refractivity contribution is -0.125. The molecule has 5 nitrogen and oxygen atoms in total. The van der Waals surface area contributed by atoms with Crippen LogP contribution in [-0.4, -0.2) is 27.7 Å². The van der Waals surface area contributed by atoms with E-state index in [1.54, 1.807) is 18.2 Å². The Morgan fingerprint density at radius 3 is 2.65 bits per heavy atom. The minimum absolute atomic E-state index is 0.120. The van der Waals surface area contributed by atoms with Gasteiger partial charge in [0.1, 0.15) is 0 Å². The number of carbonyl (C=O) groups is 3. The summed E-state index contributed by atoms with van der Waals surface area (Å²) in [5.74, 6) is -0.188. The molecule has 1 aliphatic rings. The van der Waals surface area contributed by atoms with Crippen LogP contribution >= 0.6 is 11.8 Å². The Balaban J connectivity index is 1.71. The molecule has 0 bridgehead atoms. The minimum atomic E-state index is -0.238. The summed E-state index contributed by atoms with van der Waals surface area (Å²) in [6.45, 7) is 4.16. The molecule has 1 aliphatic heterocycles. The molecule has 1 saturated heterocycles. The van der Waals surface area contributed by atoms with Gasteiger partial charge in [-0.25, -0.2) is 0 Å². The highest BCUT2D eigenvalue weighted by atomic mass is 32.2. The van der Waals surface area contributed by atoms with Crippen molar-refractivity contribution in [3.05, 3.63) is 70.8 Å². The molecule has 0 aliphatic carbocycles. The summed E-state index contributed by atoms with van der Waals surface area (Å²) in [6.07, 6.45) is 0. The number of amides is 3. The van der Waals surface area contributed by atoms with Crippen molar-refractivity contribution in [2.75, 3.05) is 5.75 Å². The Morgan fingerprint density at radius 2 is 1.96 bits per heavy atom. The number of aryl methyl sites for hydroxylation is 1. The topological polar surface area (TPSA) is 66.5 Å². The molecular weight excluding hydrogens is 348 g/mol. The smallest absolute Gasteiger partial charge is 0.289 e. The lowest BCUT2D eigenvalue weighted by Gasteiger charge is -2.17. The van der Waals surface area contributed by atoms with Crippen molar-refractivity contribution in [2.45, 2.75) is 26.4 Å². The SMILES string of the molecule is Cc1ccccc1C(C)NC(=O)c1cccc(CN2C(=O)CSC2=O)c1. The van der Waals surface area contributed by atoms with Gasteiger partial charge in [0.25, 0.3) is 11.1 Å². The fourth-order valence-electron chi connectivity index (χ4n) is 2.96. The molecule has 1 atom stereocenters. The van der Waals surface area contributed by atoms with Crippen LogP contribution in [0.15, 0.2) is 48.5 Å². The summed E-state index contributed by atoms with van der Waals surface area (Å²) in [4.78, 5) is 37.3. The maximum atomic E-state index is 12.6. The van der Waals surface area contributed by atoms with Gasteiger partial charge in [-0.3, -0.25) is 19.3 Å².